The van der Waals surface area contributed by atoms with Crippen molar-refractivity contribution in [1.82, 2.24) is 0 Å². The molecule has 0 heterocycles. The summed E-state index contributed by atoms with van der Waals surface area (Å²) in [6.07, 6.45) is 19.6. The van der Waals surface area contributed by atoms with Crippen LogP contribution in [0.25, 0.3) is 0 Å². The van der Waals surface area contributed by atoms with Gasteiger partial charge in [0.2, 0.25) is 0 Å². The van der Waals surface area contributed by atoms with E-state index in [4.69, 9.17) is 10.5 Å². The Morgan fingerprint density at radius 2 is 1.37 bits per heavy atom. The van der Waals surface area contributed by atoms with Crippen molar-refractivity contribution in [2.24, 2.45) is 5.73 Å². The highest BCUT2D eigenvalue weighted by Crippen LogP contribution is 2.11. The van der Waals surface area contributed by atoms with Crippen LogP contribution in [0.1, 0.15) is 90.9 Å². The van der Waals surface area contributed by atoms with Crippen molar-refractivity contribution in [2.75, 3.05) is 0 Å². The Morgan fingerprint density at radius 3 is 1.89 bits per heavy atom. The molecule has 0 aromatic carbocycles. The minimum atomic E-state index is -0.135. The molecule has 1 unspecified atom stereocenters. The van der Waals surface area contributed by atoms with Gasteiger partial charge in [-0.15, -0.1) is 0 Å². The smallest absolute Gasteiger partial charge is 0.146 e. The van der Waals surface area contributed by atoms with Crippen LogP contribution in [0.5, 0.6) is 0 Å². The van der Waals surface area contributed by atoms with Gasteiger partial charge in [-0.05, 0) is 25.3 Å². The highest BCUT2D eigenvalue weighted by molar-refractivity contribution is 4.74. The second-order valence-corrected chi connectivity index (χ2v) is 5.43. The molecule has 2 N–H and O–H groups in total. The maximum absolute atomic E-state index is 5.64. The summed E-state index contributed by atoms with van der Waals surface area (Å²) in [6, 6.07) is 0. The molecule has 0 radical (unpaired) electrons. The van der Waals surface area contributed by atoms with Crippen LogP contribution in [0.15, 0.2) is 12.3 Å². The summed E-state index contributed by atoms with van der Waals surface area (Å²) in [5, 5.41) is 0. The number of unbranched alkanes of at least 4 members (excludes halogenated alkanes) is 10. The monoisotopic (exact) mass is 269 g/mol. The third kappa shape index (κ3) is 15.4. The van der Waals surface area contributed by atoms with Crippen LogP contribution in [-0.2, 0) is 4.74 Å². The van der Waals surface area contributed by atoms with Crippen molar-refractivity contribution in [3.63, 3.8) is 0 Å². The van der Waals surface area contributed by atoms with Gasteiger partial charge in [0.1, 0.15) is 6.23 Å². The predicted molar refractivity (Wildman–Crippen MR) is 85.0 cm³/mol. The number of hydrogen-bond acceptors (Lipinski definition) is 2. The quantitative estimate of drug-likeness (QED) is 0.256. The predicted octanol–water partition coefficient (Wildman–Crippen LogP) is 5.52. The third-order valence-corrected chi connectivity index (χ3v) is 3.48. The summed E-state index contributed by atoms with van der Waals surface area (Å²) >= 11 is 0. The molecule has 0 bridgehead atoms. The van der Waals surface area contributed by atoms with Gasteiger partial charge < -0.3 is 4.74 Å². The molecule has 0 aromatic rings. The van der Waals surface area contributed by atoms with Gasteiger partial charge in [0.25, 0.3) is 0 Å². The highest BCUT2D eigenvalue weighted by Gasteiger charge is 1.93. The zero-order valence-electron chi connectivity index (χ0n) is 13.2. The van der Waals surface area contributed by atoms with Gasteiger partial charge in [-0.3, -0.25) is 5.73 Å². The molecular formula is C17H35NO. The molecule has 1 atom stereocenters. The van der Waals surface area contributed by atoms with E-state index in [1.54, 1.807) is 6.26 Å². The average Bonchev–Trinajstić information content (AvgIpc) is 2.43. The second kappa shape index (κ2) is 15.6. The normalized spacial score (nSPS) is 13.0. The molecule has 0 rings (SSSR count). The van der Waals surface area contributed by atoms with Crippen molar-refractivity contribution < 1.29 is 4.74 Å². The zero-order valence-corrected chi connectivity index (χ0v) is 13.2. The van der Waals surface area contributed by atoms with E-state index in [2.05, 4.69) is 13.0 Å². The Hall–Kier alpha value is -0.500. The van der Waals surface area contributed by atoms with Crippen LogP contribution < -0.4 is 5.73 Å². The highest BCUT2D eigenvalue weighted by atomic mass is 16.5. The number of nitrogens with two attached hydrogens (primary N) is 1. The fraction of sp³-hybridized carbons (Fsp3) is 0.882. The molecule has 0 aromatic heterocycles. The summed E-state index contributed by atoms with van der Waals surface area (Å²) in [5.74, 6) is 0. The molecule has 0 saturated heterocycles. The molecule has 0 spiro atoms. The van der Waals surface area contributed by atoms with Crippen LogP contribution in [-0.4, -0.2) is 6.23 Å². The largest absolute Gasteiger partial charge is 0.484 e. The van der Waals surface area contributed by atoms with E-state index < -0.39 is 0 Å². The van der Waals surface area contributed by atoms with Crippen LogP contribution in [0.2, 0.25) is 0 Å². The van der Waals surface area contributed by atoms with Gasteiger partial charge in [-0.1, -0.05) is 71.6 Å². The lowest BCUT2D eigenvalue weighted by Gasteiger charge is -2.06. The average molecular weight is 269 g/mol. The molecule has 2 heteroatoms. The third-order valence-electron chi connectivity index (χ3n) is 3.48. The first-order valence-electron chi connectivity index (χ1n) is 8.37. The first kappa shape index (κ1) is 18.5. The Kier molecular flexibility index (Phi) is 15.1. The van der Waals surface area contributed by atoms with Gasteiger partial charge >= 0.3 is 0 Å². The van der Waals surface area contributed by atoms with Crippen LogP contribution in [0, 0.1) is 0 Å². The van der Waals surface area contributed by atoms with Gasteiger partial charge in [-0.2, -0.15) is 0 Å². The lowest BCUT2D eigenvalue weighted by atomic mass is 10.1. The fourth-order valence-corrected chi connectivity index (χ4v) is 2.07. The van der Waals surface area contributed by atoms with Crippen LogP contribution in [0.3, 0.4) is 0 Å². The van der Waals surface area contributed by atoms with Crippen LogP contribution >= 0.6 is 0 Å². The van der Waals surface area contributed by atoms with Gasteiger partial charge in [0.05, 0.1) is 6.26 Å². The zero-order chi connectivity index (χ0) is 14.2. The molecule has 0 aliphatic carbocycles. The van der Waals surface area contributed by atoms with Crippen molar-refractivity contribution >= 4 is 0 Å². The Balaban J connectivity index is 3.06. The van der Waals surface area contributed by atoms with Crippen molar-refractivity contribution in [1.29, 1.82) is 0 Å². The molecule has 0 amide bonds. The minimum absolute atomic E-state index is 0.135. The second-order valence-electron chi connectivity index (χ2n) is 5.43. The van der Waals surface area contributed by atoms with Gasteiger partial charge in [-0.25, -0.2) is 0 Å². The number of hydrogen-bond donors (Lipinski definition) is 1. The number of allylic oxidation sites excluding steroid dienone is 1. The van der Waals surface area contributed by atoms with E-state index in [9.17, 15) is 0 Å². The van der Waals surface area contributed by atoms with E-state index in [-0.39, 0.29) is 6.23 Å². The summed E-state index contributed by atoms with van der Waals surface area (Å²) in [6.45, 7) is 4.30. The van der Waals surface area contributed by atoms with Crippen molar-refractivity contribution in [3.8, 4) is 0 Å². The molecule has 114 valence electrons. The molecule has 0 fully saturated rings. The van der Waals surface area contributed by atoms with E-state index in [1.807, 2.05) is 6.92 Å². The molecular weight excluding hydrogens is 234 g/mol. The molecule has 19 heavy (non-hydrogen) atoms. The first-order valence-corrected chi connectivity index (χ1v) is 8.37. The van der Waals surface area contributed by atoms with Crippen molar-refractivity contribution in [2.45, 2.75) is 97.1 Å². The maximum atomic E-state index is 5.64. The van der Waals surface area contributed by atoms with Gasteiger partial charge in [0, 0.05) is 0 Å². The summed E-state index contributed by atoms with van der Waals surface area (Å²) in [4.78, 5) is 0. The Labute approximate surface area is 120 Å². The lowest BCUT2D eigenvalue weighted by molar-refractivity contribution is 0.146. The molecule has 0 saturated carbocycles. The minimum Gasteiger partial charge on any atom is -0.484 e. The van der Waals surface area contributed by atoms with E-state index in [1.165, 1.54) is 64.2 Å². The van der Waals surface area contributed by atoms with Gasteiger partial charge in [0.15, 0.2) is 0 Å². The SMILES string of the molecule is CCCCCCCCCCCCC=COC(N)CC. The number of ether oxygens (including phenoxy) is 1. The topological polar surface area (TPSA) is 35.2 Å². The Bertz CT molecular complexity index is 192. The molecule has 0 aliphatic rings. The van der Waals surface area contributed by atoms with Crippen LogP contribution in [0.4, 0.5) is 0 Å². The molecule has 0 aliphatic heterocycles. The standard InChI is InChI=1S/C17H35NO/c1-3-5-6-7-8-9-10-11-12-13-14-15-16-19-17(18)4-2/h15-17H,3-14,18H2,1-2H3. The summed E-state index contributed by atoms with van der Waals surface area (Å²) in [5.41, 5.74) is 5.64. The maximum Gasteiger partial charge on any atom is 0.146 e. The first-order chi connectivity index (χ1) is 9.31. The lowest BCUT2D eigenvalue weighted by Crippen LogP contribution is -2.19. The summed E-state index contributed by atoms with van der Waals surface area (Å²) in [7, 11) is 0. The van der Waals surface area contributed by atoms with E-state index in [0.29, 0.717) is 0 Å². The Morgan fingerprint density at radius 1 is 0.842 bits per heavy atom. The fourth-order valence-electron chi connectivity index (χ4n) is 2.07. The summed E-state index contributed by atoms with van der Waals surface area (Å²) < 4.78 is 5.28. The van der Waals surface area contributed by atoms with E-state index >= 15 is 0 Å². The van der Waals surface area contributed by atoms with Crippen molar-refractivity contribution in [3.05, 3.63) is 12.3 Å². The number of rotatable bonds is 14. The molecule has 2 nitrogen and oxygen atoms in total. The van der Waals surface area contributed by atoms with E-state index in [0.717, 1.165) is 12.8 Å².